The Hall–Kier alpha value is -3.07. The summed E-state index contributed by atoms with van der Waals surface area (Å²) in [4.78, 5) is 56.8. The van der Waals surface area contributed by atoms with Crippen LogP contribution < -0.4 is 0 Å². The molecule has 0 amide bonds. The second kappa shape index (κ2) is 18.7. The van der Waals surface area contributed by atoms with Crippen molar-refractivity contribution >= 4 is 35.5 Å². The lowest BCUT2D eigenvalue weighted by Gasteiger charge is -2.45. The highest BCUT2D eigenvalue weighted by Crippen LogP contribution is 2.41. The molecule has 14 heteroatoms. The number of ketones is 1. The van der Waals surface area contributed by atoms with E-state index in [1.165, 1.54) is 0 Å². The Morgan fingerprint density at radius 1 is 1.06 bits per heavy atom. The van der Waals surface area contributed by atoms with Crippen LogP contribution in [0, 0.1) is 23.7 Å². The van der Waals surface area contributed by atoms with Gasteiger partial charge in [-0.25, -0.2) is 4.79 Å². The van der Waals surface area contributed by atoms with E-state index in [9.17, 15) is 24.3 Å². The largest absolute Gasteiger partial charge is 0.509 e. The third-order valence-corrected chi connectivity index (χ3v) is 11.5. The van der Waals surface area contributed by atoms with Crippen molar-refractivity contribution in [1.29, 1.82) is 0 Å². The molecule has 0 spiro atoms. The predicted octanol–water partition coefficient (Wildman–Crippen LogP) is 5.31. The number of hydrogen-bond donors (Lipinski definition) is 1. The number of rotatable bonds is 10. The molecule has 1 aromatic carbocycles. The second-order valence-electron chi connectivity index (χ2n) is 15.4. The van der Waals surface area contributed by atoms with Crippen molar-refractivity contribution in [3.8, 4) is 0 Å². The van der Waals surface area contributed by atoms with Gasteiger partial charge in [-0.05, 0) is 65.8 Å². The van der Waals surface area contributed by atoms with Gasteiger partial charge in [-0.2, -0.15) is 0 Å². The molecule has 3 fully saturated rings. The summed E-state index contributed by atoms with van der Waals surface area (Å²) in [5.74, 6) is -5.09. The molecule has 54 heavy (non-hydrogen) atoms. The summed E-state index contributed by atoms with van der Waals surface area (Å²) >= 11 is 6.39. The number of cyclic esters (lactones) is 1. The van der Waals surface area contributed by atoms with Crippen LogP contribution in [0.15, 0.2) is 36.9 Å². The zero-order valence-corrected chi connectivity index (χ0v) is 33.7. The number of aliphatic hydroxyl groups is 1. The molecule has 3 aliphatic heterocycles. The molecule has 0 bridgehead atoms. The first-order valence-corrected chi connectivity index (χ1v) is 19.3. The molecule has 3 saturated heterocycles. The molecule has 1 aromatic rings. The molecule has 0 aliphatic carbocycles. The number of benzene rings is 1. The molecule has 0 radical (unpaired) electrons. The molecular weight excluding hydrogens is 722 g/mol. The van der Waals surface area contributed by atoms with Gasteiger partial charge in [0.05, 0.1) is 43.2 Å². The van der Waals surface area contributed by atoms with E-state index in [0.29, 0.717) is 17.0 Å². The number of Topliss-reactive ketones (excluding diaryl/α,β-unsaturated/α-hetero) is 1. The van der Waals surface area contributed by atoms with Crippen LogP contribution in [0.5, 0.6) is 0 Å². The number of ether oxygens (including phenoxy) is 7. The van der Waals surface area contributed by atoms with Crippen LogP contribution in [-0.2, 0) is 54.0 Å². The standard InChI is InChI=1S/C40H58ClNO12/c1-11-17-48-29-18-21(3)32(44)23(5)36-40(8,54-39(47)53-36)30(12-2)50-37(46)25(7)34(51-31(43)20-26-15-13-14-16-27(26)41)24(6)35(29)52-38-33(45)28(42(9)10)19-22(4)49-38/h11,13-16,21-25,28-30,33-36,38,45H,1,12,17-20H2,2-10H3/t21-,22-,23+,24+,25-,28+,29-,30-,33-,34+,35-,36-,38?,40-/m1/s1. The first kappa shape index (κ1) is 43.7. The van der Waals surface area contributed by atoms with Crippen LogP contribution in [-0.4, -0.2) is 115 Å². The van der Waals surface area contributed by atoms with Crippen molar-refractivity contribution in [3.63, 3.8) is 0 Å². The zero-order valence-electron chi connectivity index (χ0n) is 32.9. The summed E-state index contributed by atoms with van der Waals surface area (Å²) in [6, 6.07) is 6.57. The Morgan fingerprint density at radius 2 is 1.74 bits per heavy atom. The maximum absolute atomic E-state index is 14.2. The summed E-state index contributed by atoms with van der Waals surface area (Å²) in [5.41, 5.74) is -0.967. The molecule has 1 N–H and O–H groups in total. The number of halogens is 1. The Kier molecular flexibility index (Phi) is 15.1. The molecule has 14 atom stereocenters. The second-order valence-corrected chi connectivity index (χ2v) is 15.8. The van der Waals surface area contributed by atoms with Crippen LogP contribution >= 0.6 is 11.6 Å². The molecule has 0 aromatic heterocycles. The Labute approximate surface area is 323 Å². The van der Waals surface area contributed by atoms with E-state index in [0.717, 1.165) is 0 Å². The van der Waals surface area contributed by atoms with E-state index >= 15 is 0 Å². The molecule has 1 unspecified atom stereocenters. The van der Waals surface area contributed by atoms with Crippen LogP contribution in [0.2, 0.25) is 5.02 Å². The number of aliphatic hydroxyl groups excluding tert-OH is 1. The lowest BCUT2D eigenvalue weighted by atomic mass is 9.77. The maximum atomic E-state index is 14.2. The molecule has 13 nitrogen and oxygen atoms in total. The number of hydrogen-bond acceptors (Lipinski definition) is 13. The van der Waals surface area contributed by atoms with Crippen LogP contribution in [0.1, 0.15) is 73.3 Å². The highest BCUT2D eigenvalue weighted by Gasteiger charge is 2.58. The van der Waals surface area contributed by atoms with Crippen molar-refractivity contribution in [2.75, 3.05) is 20.7 Å². The number of likely N-dealkylation sites (N-methyl/N-ethyl adjacent to an activating group) is 1. The van der Waals surface area contributed by atoms with E-state index < -0.39 is 90.3 Å². The summed E-state index contributed by atoms with van der Waals surface area (Å²) < 4.78 is 42.9. The van der Waals surface area contributed by atoms with Crippen molar-refractivity contribution in [3.05, 3.63) is 47.5 Å². The first-order chi connectivity index (χ1) is 25.4. The van der Waals surface area contributed by atoms with E-state index in [2.05, 4.69) is 6.58 Å². The van der Waals surface area contributed by atoms with Gasteiger partial charge in [0.25, 0.3) is 0 Å². The van der Waals surface area contributed by atoms with Gasteiger partial charge in [-0.15, -0.1) is 6.58 Å². The Balaban J connectivity index is 1.85. The fourth-order valence-corrected chi connectivity index (χ4v) is 8.27. The number of carbonyl (C=O) groups excluding carboxylic acids is 4. The topological polar surface area (TPSA) is 156 Å². The van der Waals surface area contributed by atoms with Crippen molar-refractivity contribution in [1.82, 2.24) is 4.90 Å². The Morgan fingerprint density at radius 3 is 2.37 bits per heavy atom. The molecular formula is C40H58ClNO12. The van der Waals surface area contributed by atoms with Gasteiger partial charge in [0, 0.05) is 22.9 Å². The van der Waals surface area contributed by atoms with Gasteiger partial charge in [-0.1, -0.05) is 63.6 Å². The fraction of sp³-hybridized carbons (Fsp3) is 0.700. The number of nitrogens with zero attached hydrogens (tertiary/aromatic N) is 1. The zero-order chi connectivity index (χ0) is 40.1. The van der Waals surface area contributed by atoms with Crippen LogP contribution in [0.4, 0.5) is 4.79 Å². The van der Waals surface area contributed by atoms with Gasteiger partial charge in [0.2, 0.25) is 0 Å². The predicted molar refractivity (Wildman–Crippen MR) is 198 cm³/mol. The van der Waals surface area contributed by atoms with E-state index in [1.807, 2.05) is 25.9 Å². The van der Waals surface area contributed by atoms with Gasteiger partial charge >= 0.3 is 18.1 Å². The van der Waals surface area contributed by atoms with Crippen LogP contribution in [0.25, 0.3) is 0 Å². The van der Waals surface area contributed by atoms with Gasteiger partial charge in [-0.3, -0.25) is 14.4 Å². The normalized spacial score (nSPS) is 38.1. The minimum Gasteiger partial charge on any atom is -0.461 e. The first-order valence-electron chi connectivity index (χ1n) is 18.9. The maximum Gasteiger partial charge on any atom is 0.509 e. The average Bonchev–Trinajstić information content (AvgIpc) is 3.44. The number of esters is 2. The Bertz CT molecular complexity index is 1490. The summed E-state index contributed by atoms with van der Waals surface area (Å²) in [6.07, 6.45) is -6.41. The lowest BCUT2D eigenvalue weighted by Crippen LogP contribution is -2.58. The van der Waals surface area contributed by atoms with Gasteiger partial charge in [0.1, 0.15) is 24.1 Å². The van der Waals surface area contributed by atoms with Gasteiger partial charge in [0.15, 0.2) is 18.0 Å². The summed E-state index contributed by atoms with van der Waals surface area (Å²) in [6.45, 7) is 15.9. The third kappa shape index (κ3) is 9.83. The highest BCUT2D eigenvalue weighted by molar-refractivity contribution is 6.31. The SMILES string of the molecule is C=CCO[C@@H]1C[C@@H](C)C(=O)[C@H](C)[C@H]2OC(=O)O[C@]2(C)[C@@H](CC)OC(=O)[C@H](C)[C@@H](OC(=O)Cc2ccccc2Cl)[C@H](C)[C@H]1OC1O[C@H](C)C[C@H](N(C)C)[C@H]1O. The van der Waals surface area contributed by atoms with E-state index in [1.54, 1.807) is 71.9 Å². The minimum atomic E-state index is -1.50. The molecule has 3 heterocycles. The number of carbonyl (C=O) groups is 4. The quantitative estimate of drug-likeness (QED) is 0.185. The van der Waals surface area contributed by atoms with Crippen molar-refractivity contribution in [2.24, 2.45) is 23.7 Å². The van der Waals surface area contributed by atoms with Gasteiger partial charge < -0.3 is 43.2 Å². The van der Waals surface area contributed by atoms with E-state index in [4.69, 9.17) is 44.8 Å². The molecule has 0 saturated carbocycles. The smallest absolute Gasteiger partial charge is 0.461 e. The molecule has 3 aliphatic rings. The molecule has 4 rings (SSSR count). The summed E-state index contributed by atoms with van der Waals surface area (Å²) in [7, 11) is 3.72. The monoisotopic (exact) mass is 779 g/mol. The lowest BCUT2D eigenvalue weighted by molar-refractivity contribution is -0.290. The third-order valence-electron chi connectivity index (χ3n) is 11.2. The molecule has 302 valence electrons. The van der Waals surface area contributed by atoms with Crippen molar-refractivity contribution in [2.45, 2.75) is 135 Å². The average molecular weight is 780 g/mol. The minimum absolute atomic E-state index is 0.0669. The highest BCUT2D eigenvalue weighted by atomic mass is 35.5. The number of fused-ring (bicyclic) bond motifs is 1. The van der Waals surface area contributed by atoms with Crippen LogP contribution in [0.3, 0.4) is 0 Å². The van der Waals surface area contributed by atoms with Crippen molar-refractivity contribution < 1.29 is 57.4 Å². The fourth-order valence-electron chi connectivity index (χ4n) is 8.07. The van der Waals surface area contributed by atoms with E-state index in [-0.39, 0.29) is 43.8 Å². The summed E-state index contributed by atoms with van der Waals surface area (Å²) in [5, 5.41) is 11.9.